The molecule has 2 N–H and O–H groups in total. The molecular formula is C50H53Cl4F4LiN2O7. The molecule has 68 heavy (non-hydrogen) atoms. The molecule has 2 saturated carbocycles. The molecule has 4 aromatic carbocycles. The first-order valence-electron chi connectivity index (χ1n) is 21.7. The van der Waals surface area contributed by atoms with Gasteiger partial charge in [0, 0.05) is 82.8 Å². The maximum absolute atomic E-state index is 13.5. The molecule has 2 saturated heterocycles. The van der Waals surface area contributed by atoms with Crippen molar-refractivity contribution in [2.45, 2.75) is 108 Å². The van der Waals surface area contributed by atoms with Crippen LogP contribution in [-0.4, -0.2) is 88.3 Å². The summed E-state index contributed by atoms with van der Waals surface area (Å²) in [7, 11) is 1.33. The number of ether oxygens (including phenoxy) is 1. The van der Waals surface area contributed by atoms with Crippen molar-refractivity contribution in [1.29, 1.82) is 0 Å². The van der Waals surface area contributed by atoms with E-state index in [1.807, 2.05) is 0 Å². The van der Waals surface area contributed by atoms with Crippen molar-refractivity contribution in [2.24, 2.45) is 11.8 Å². The summed E-state index contributed by atoms with van der Waals surface area (Å²) in [5.74, 6) is -7.18. The van der Waals surface area contributed by atoms with E-state index < -0.39 is 23.8 Å². The Bertz CT molecular complexity index is 2380. The molecule has 0 bridgehead atoms. The van der Waals surface area contributed by atoms with E-state index in [1.165, 1.54) is 19.2 Å². The van der Waals surface area contributed by atoms with Crippen molar-refractivity contribution in [3.05, 3.63) is 115 Å². The predicted molar refractivity (Wildman–Crippen MR) is 252 cm³/mol. The summed E-state index contributed by atoms with van der Waals surface area (Å²) < 4.78 is 58.6. The fraction of sp³-hybridized carbons (Fsp3) is 0.440. The molecular weight excluding hydrogens is 965 g/mol. The quantitative estimate of drug-likeness (QED) is 0.0950. The van der Waals surface area contributed by atoms with E-state index in [2.05, 4.69) is 0 Å². The van der Waals surface area contributed by atoms with E-state index in [1.54, 1.807) is 70.5 Å². The van der Waals surface area contributed by atoms with Gasteiger partial charge in [-0.25, -0.2) is 27.2 Å². The minimum Gasteiger partial charge on any atom is -0.870 e. The summed E-state index contributed by atoms with van der Waals surface area (Å²) in [6.45, 7) is 1.16. The number of carboxylic acids is 1. The van der Waals surface area contributed by atoms with Gasteiger partial charge in [0.05, 0.1) is 18.2 Å². The molecule has 18 heteroatoms. The number of alkyl halides is 4. The van der Waals surface area contributed by atoms with Gasteiger partial charge < -0.3 is 25.1 Å². The second-order valence-electron chi connectivity index (χ2n) is 17.4. The van der Waals surface area contributed by atoms with E-state index >= 15 is 0 Å². The molecule has 362 valence electrons. The average Bonchev–Trinajstić information content (AvgIpc) is 3.83. The van der Waals surface area contributed by atoms with Crippen molar-refractivity contribution in [2.75, 3.05) is 20.2 Å². The molecule has 2 aliphatic carbocycles. The van der Waals surface area contributed by atoms with E-state index in [0.29, 0.717) is 101 Å². The Morgan fingerprint density at radius 2 is 0.926 bits per heavy atom. The number of likely N-dealkylation sites (tertiary alicyclic amines) is 2. The molecule has 2 amide bonds. The predicted octanol–water partition coefficient (Wildman–Crippen LogP) is 10.2. The molecule has 2 heterocycles. The monoisotopic (exact) mass is 1020 g/mol. The average molecular weight is 1020 g/mol. The Morgan fingerprint density at radius 3 is 1.24 bits per heavy atom. The number of aromatic carboxylic acids is 1. The minimum absolute atomic E-state index is 0. The Morgan fingerprint density at radius 1 is 0.603 bits per heavy atom. The summed E-state index contributed by atoms with van der Waals surface area (Å²) in [6.07, 6.45) is 2.82. The number of amides is 2. The summed E-state index contributed by atoms with van der Waals surface area (Å²) in [5, 5.41) is 10.9. The number of hydrogen-bond donors (Lipinski definition) is 1. The van der Waals surface area contributed by atoms with Gasteiger partial charge in [-0.15, -0.1) is 0 Å². The van der Waals surface area contributed by atoms with Gasteiger partial charge in [0.1, 0.15) is 0 Å². The fourth-order valence-corrected chi connectivity index (χ4v) is 10.7. The SMILES string of the molecule is C.COC(=O)c1ccc(-c2cc(Cl)c(C[C@@H]3CCN(C4CCC(F)(F)CC4)C3=O)c(Cl)c2)cc1.O=C(O)c1ccc(-c2cc(Cl)c(C[C@@H]3CCN(C4CCC(F)(F)CC4)C3=O)c(Cl)c2)cc1.[Li+].[OH-]. The largest absolute Gasteiger partial charge is 1.00 e. The second kappa shape index (κ2) is 23.9. The van der Waals surface area contributed by atoms with Crippen molar-refractivity contribution in [3.63, 3.8) is 0 Å². The first kappa shape index (κ1) is 56.8. The number of benzene rings is 4. The van der Waals surface area contributed by atoms with Crippen LogP contribution in [0.25, 0.3) is 22.3 Å². The molecule has 0 radical (unpaired) electrons. The van der Waals surface area contributed by atoms with E-state index in [0.717, 1.165) is 22.3 Å². The topological polar surface area (TPSA) is 134 Å². The third-order valence-electron chi connectivity index (χ3n) is 13.2. The van der Waals surface area contributed by atoms with Gasteiger partial charge in [0.2, 0.25) is 23.7 Å². The summed E-state index contributed by atoms with van der Waals surface area (Å²) in [4.78, 5) is 52.2. The van der Waals surface area contributed by atoms with Crippen molar-refractivity contribution in [3.8, 4) is 22.3 Å². The molecule has 4 aliphatic rings. The zero-order valence-electron chi connectivity index (χ0n) is 37.0. The number of carbonyl (C=O) groups is 4. The number of carboxylic acid groups (broad SMARTS) is 1. The summed E-state index contributed by atoms with van der Waals surface area (Å²) in [5.41, 5.74) is 5.21. The van der Waals surface area contributed by atoms with E-state index in [4.69, 9.17) is 56.2 Å². The fourth-order valence-electron chi connectivity index (χ4n) is 9.45. The van der Waals surface area contributed by atoms with Crippen LogP contribution in [0.1, 0.15) is 103 Å². The third-order valence-corrected chi connectivity index (χ3v) is 14.6. The van der Waals surface area contributed by atoms with Crippen LogP contribution < -0.4 is 18.9 Å². The van der Waals surface area contributed by atoms with Gasteiger partial charge in [0.15, 0.2) is 0 Å². The number of halogens is 8. The molecule has 0 unspecified atom stereocenters. The zero-order valence-corrected chi connectivity index (χ0v) is 40.0. The van der Waals surface area contributed by atoms with Crippen LogP contribution >= 0.6 is 46.4 Å². The maximum Gasteiger partial charge on any atom is 1.00 e. The van der Waals surface area contributed by atoms with Gasteiger partial charge in [-0.2, -0.15) is 0 Å². The van der Waals surface area contributed by atoms with Crippen LogP contribution in [0.5, 0.6) is 0 Å². The van der Waals surface area contributed by atoms with Crippen molar-refractivity contribution >= 4 is 70.2 Å². The first-order valence-corrected chi connectivity index (χ1v) is 23.2. The third kappa shape index (κ3) is 13.3. The number of nitrogens with zero attached hydrogens (tertiary/aromatic N) is 2. The Kier molecular flexibility index (Phi) is 19.9. The number of rotatable bonds is 10. The molecule has 2 atom stereocenters. The van der Waals surface area contributed by atoms with Crippen LogP contribution in [0.2, 0.25) is 20.1 Å². The van der Waals surface area contributed by atoms with Crippen LogP contribution in [-0.2, 0) is 27.2 Å². The van der Waals surface area contributed by atoms with Crippen molar-refractivity contribution < 1.29 is 70.9 Å². The molecule has 2 aliphatic heterocycles. The van der Waals surface area contributed by atoms with Crippen LogP contribution in [0.15, 0.2) is 72.8 Å². The van der Waals surface area contributed by atoms with Gasteiger partial charge in [-0.3, -0.25) is 9.59 Å². The van der Waals surface area contributed by atoms with Gasteiger partial charge in [-0.05, 0) is 133 Å². The van der Waals surface area contributed by atoms with Crippen LogP contribution in [0.4, 0.5) is 17.6 Å². The van der Waals surface area contributed by atoms with E-state index in [9.17, 15) is 36.7 Å². The Labute approximate surface area is 426 Å². The van der Waals surface area contributed by atoms with Gasteiger partial charge >= 0.3 is 30.8 Å². The normalized spacial score (nSPS) is 20.1. The second-order valence-corrected chi connectivity index (χ2v) is 19.0. The van der Waals surface area contributed by atoms with Crippen LogP contribution in [0.3, 0.4) is 0 Å². The zero-order chi connectivity index (χ0) is 46.8. The molecule has 0 spiro atoms. The molecule has 4 aromatic rings. The summed E-state index contributed by atoms with van der Waals surface area (Å²) in [6, 6.07) is 20.2. The van der Waals surface area contributed by atoms with Gasteiger partial charge in [0.25, 0.3) is 0 Å². The maximum atomic E-state index is 13.5. The summed E-state index contributed by atoms with van der Waals surface area (Å²) >= 11 is 26.2. The van der Waals surface area contributed by atoms with Gasteiger partial charge in [-0.1, -0.05) is 78.1 Å². The Balaban J connectivity index is 0.000000284. The standard InChI is InChI=1S/C25H25Cl2F2NO3.C24H23Cl2F2NO3.CH4.Li.H2O/c1-33-24(32)16-4-2-15(3-5-16)18-13-21(26)20(22(27)14-18)12-17-8-11-30(23(17)31)19-6-9-25(28,29)10-7-19;25-20-12-17(14-1-3-15(4-2-14)23(31)32)13-21(26)19(20)11-16-7-10-29(22(16)30)18-5-8-24(27,28)9-6-18;;;/h2-5,13-14,17,19H,6-12H2,1H3;1-4,12-13,16,18H,5-11H2,(H,31,32);1H4;;1H2/q;;;+1;/p-1/t17-;16-;;;/m00.../s1. The van der Waals surface area contributed by atoms with E-state index in [-0.39, 0.29) is 98.7 Å². The number of carbonyl (C=O) groups excluding carboxylic acids is 3. The number of esters is 1. The number of methoxy groups -OCH3 is 1. The minimum atomic E-state index is -2.62. The molecule has 8 rings (SSSR count). The molecule has 9 nitrogen and oxygen atoms in total. The first-order chi connectivity index (χ1) is 30.8. The molecule has 0 aromatic heterocycles. The smallest absolute Gasteiger partial charge is 0.870 e. The molecule has 4 fully saturated rings. The number of hydrogen-bond acceptors (Lipinski definition) is 6. The van der Waals surface area contributed by atoms with Crippen molar-refractivity contribution in [1.82, 2.24) is 9.80 Å². The Hall–Kier alpha value is -3.80. The van der Waals surface area contributed by atoms with Crippen LogP contribution in [0, 0.1) is 11.8 Å².